The van der Waals surface area contributed by atoms with Gasteiger partial charge in [0, 0.05) is 29.9 Å². The molecule has 12 N–H and O–H groups in total. The largest absolute Gasteiger partial charge is 0.481 e. The second-order valence-corrected chi connectivity index (χ2v) is 8.97. The number of amides is 5. The van der Waals surface area contributed by atoms with Gasteiger partial charge in [-0.2, -0.15) is 0 Å². The highest BCUT2D eigenvalue weighted by molar-refractivity contribution is 5.97. The molecule has 0 radical (unpaired) electrons. The van der Waals surface area contributed by atoms with Crippen molar-refractivity contribution in [2.24, 2.45) is 17.2 Å². The molecule has 2 rings (SSSR count). The van der Waals surface area contributed by atoms with E-state index in [2.05, 4.69) is 15.6 Å². The first-order valence-corrected chi connectivity index (χ1v) is 12.0. The number of carboxylic acids is 2. The molecule has 0 aliphatic rings. The Morgan fingerprint density at radius 2 is 1.40 bits per heavy atom. The number of carboxylic acid groups (broad SMARTS) is 2. The Morgan fingerprint density at radius 1 is 0.800 bits per heavy atom. The van der Waals surface area contributed by atoms with Crippen LogP contribution in [0.5, 0.6) is 0 Å². The number of carbonyl (C=O) groups excluding carboxylic acids is 5. The molecule has 16 heteroatoms. The molecule has 40 heavy (non-hydrogen) atoms. The van der Waals surface area contributed by atoms with Gasteiger partial charge in [-0.1, -0.05) is 18.2 Å². The predicted molar refractivity (Wildman–Crippen MR) is 138 cm³/mol. The number of nitrogens with one attached hydrogen (secondary N) is 4. The lowest BCUT2D eigenvalue weighted by atomic mass is 10.0. The SMILES string of the molecule is NC(=O)CCC(N)C(=O)NC(Cc1c[nH]c2ccccc12)C(=O)NC(CC(N)=O)C(=O)NC(CC(=O)O)C(=O)O. The number of aliphatic carboxylic acids is 2. The maximum absolute atomic E-state index is 13.3. The van der Waals surface area contributed by atoms with Gasteiger partial charge >= 0.3 is 11.9 Å². The van der Waals surface area contributed by atoms with E-state index in [0.717, 1.165) is 10.9 Å². The summed E-state index contributed by atoms with van der Waals surface area (Å²) in [4.78, 5) is 86.8. The normalized spacial score (nSPS) is 13.8. The van der Waals surface area contributed by atoms with E-state index in [1.165, 1.54) is 0 Å². The average molecular weight is 562 g/mol. The van der Waals surface area contributed by atoms with Crippen molar-refractivity contribution in [2.75, 3.05) is 0 Å². The number of aromatic amines is 1. The van der Waals surface area contributed by atoms with Crippen LogP contribution in [0.2, 0.25) is 0 Å². The van der Waals surface area contributed by atoms with Gasteiger partial charge in [0.05, 0.1) is 18.9 Å². The van der Waals surface area contributed by atoms with Gasteiger partial charge < -0.3 is 48.3 Å². The smallest absolute Gasteiger partial charge is 0.326 e. The summed E-state index contributed by atoms with van der Waals surface area (Å²) in [5.41, 5.74) is 17.5. The van der Waals surface area contributed by atoms with Crippen LogP contribution in [-0.4, -0.2) is 80.8 Å². The van der Waals surface area contributed by atoms with Crippen molar-refractivity contribution in [1.82, 2.24) is 20.9 Å². The van der Waals surface area contributed by atoms with Crippen LogP contribution < -0.4 is 33.2 Å². The van der Waals surface area contributed by atoms with Gasteiger partial charge in [-0.05, 0) is 18.1 Å². The summed E-state index contributed by atoms with van der Waals surface area (Å²) >= 11 is 0. The number of nitrogens with two attached hydrogens (primary N) is 3. The van der Waals surface area contributed by atoms with E-state index in [4.69, 9.17) is 22.3 Å². The lowest BCUT2D eigenvalue weighted by Gasteiger charge is -2.24. The highest BCUT2D eigenvalue weighted by atomic mass is 16.4. The second-order valence-electron chi connectivity index (χ2n) is 8.97. The van der Waals surface area contributed by atoms with Crippen LogP contribution in [0, 0.1) is 0 Å². The van der Waals surface area contributed by atoms with Crippen LogP contribution in [0.1, 0.15) is 31.2 Å². The molecule has 1 aromatic carbocycles. The number of primary amides is 2. The quantitative estimate of drug-likeness (QED) is 0.101. The van der Waals surface area contributed by atoms with Gasteiger partial charge in [0.2, 0.25) is 29.5 Å². The van der Waals surface area contributed by atoms with E-state index in [1.807, 2.05) is 5.32 Å². The van der Waals surface area contributed by atoms with Crippen molar-refractivity contribution in [2.45, 2.75) is 56.3 Å². The van der Waals surface area contributed by atoms with Gasteiger partial charge in [0.15, 0.2) is 0 Å². The molecule has 4 unspecified atom stereocenters. The van der Waals surface area contributed by atoms with Crippen LogP contribution in [0.4, 0.5) is 0 Å². The van der Waals surface area contributed by atoms with Crippen LogP contribution in [0.25, 0.3) is 10.9 Å². The second kappa shape index (κ2) is 14.2. The van der Waals surface area contributed by atoms with Crippen molar-refractivity contribution in [1.29, 1.82) is 0 Å². The zero-order valence-electron chi connectivity index (χ0n) is 21.2. The van der Waals surface area contributed by atoms with E-state index >= 15 is 0 Å². The molecule has 216 valence electrons. The van der Waals surface area contributed by atoms with Crippen molar-refractivity contribution in [3.63, 3.8) is 0 Å². The average Bonchev–Trinajstić information content (AvgIpc) is 3.28. The number of fused-ring (bicyclic) bond motifs is 1. The fourth-order valence-electron chi connectivity index (χ4n) is 3.77. The molecule has 0 saturated carbocycles. The third-order valence-electron chi connectivity index (χ3n) is 5.80. The highest BCUT2D eigenvalue weighted by Gasteiger charge is 2.32. The molecule has 0 fully saturated rings. The first-order chi connectivity index (χ1) is 18.8. The number of aromatic nitrogens is 1. The lowest BCUT2D eigenvalue weighted by molar-refractivity contribution is -0.147. The molecular formula is C24H31N7O9. The lowest BCUT2D eigenvalue weighted by Crippen LogP contribution is -2.58. The molecule has 16 nitrogen and oxygen atoms in total. The fourth-order valence-corrected chi connectivity index (χ4v) is 3.77. The molecule has 5 amide bonds. The molecule has 0 aliphatic carbocycles. The summed E-state index contributed by atoms with van der Waals surface area (Å²) in [5.74, 6) is -7.82. The van der Waals surface area contributed by atoms with Crippen LogP contribution >= 0.6 is 0 Å². The molecule has 0 saturated heterocycles. The number of rotatable bonds is 16. The monoisotopic (exact) mass is 561 g/mol. The number of H-pyrrole nitrogens is 1. The minimum absolute atomic E-state index is 0.102. The highest BCUT2D eigenvalue weighted by Crippen LogP contribution is 2.19. The zero-order valence-corrected chi connectivity index (χ0v) is 21.2. The Morgan fingerprint density at radius 3 is 2.00 bits per heavy atom. The molecule has 0 bridgehead atoms. The Bertz CT molecular complexity index is 1290. The summed E-state index contributed by atoms with van der Waals surface area (Å²) in [6.07, 6.45) is -0.512. The number of benzene rings is 1. The molecule has 1 heterocycles. The van der Waals surface area contributed by atoms with E-state index in [0.29, 0.717) is 5.56 Å². The number of para-hydroxylation sites is 1. The van der Waals surface area contributed by atoms with Gasteiger partial charge in [-0.25, -0.2) is 4.79 Å². The Hall–Kier alpha value is -4.99. The summed E-state index contributed by atoms with van der Waals surface area (Å²) < 4.78 is 0. The van der Waals surface area contributed by atoms with Crippen molar-refractivity contribution >= 4 is 52.4 Å². The Labute approximate surface area is 227 Å². The minimum Gasteiger partial charge on any atom is -0.481 e. The zero-order chi connectivity index (χ0) is 30.0. The summed E-state index contributed by atoms with van der Waals surface area (Å²) in [6.45, 7) is 0. The summed E-state index contributed by atoms with van der Waals surface area (Å²) in [5, 5.41) is 25.5. The van der Waals surface area contributed by atoms with Crippen LogP contribution in [0.15, 0.2) is 30.5 Å². The maximum Gasteiger partial charge on any atom is 0.326 e. The van der Waals surface area contributed by atoms with Crippen LogP contribution in [0.3, 0.4) is 0 Å². The van der Waals surface area contributed by atoms with E-state index in [-0.39, 0.29) is 19.3 Å². The van der Waals surface area contributed by atoms with E-state index < -0.39 is 78.5 Å². The summed E-state index contributed by atoms with van der Waals surface area (Å²) in [7, 11) is 0. The topological polar surface area (TPSA) is 290 Å². The summed E-state index contributed by atoms with van der Waals surface area (Å²) in [6, 6.07) is 0.981. The third-order valence-corrected chi connectivity index (χ3v) is 5.80. The first-order valence-electron chi connectivity index (χ1n) is 12.0. The fraction of sp³-hybridized carbons (Fsp3) is 0.375. The van der Waals surface area contributed by atoms with Gasteiger partial charge in [-0.3, -0.25) is 28.8 Å². The van der Waals surface area contributed by atoms with Gasteiger partial charge in [0.1, 0.15) is 18.1 Å². The number of hydrogen-bond acceptors (Lipinski definition) is 8. The molecule has 1 aromatic heterocycles. The molecular weight excluding hydrogens is 530 g/mol. The number of carbonyl (C=O) groups is 7. The van der Waals surface area contributed by atoms with Gasteiger partial charge in [-0.15, -0.1) is 0 Å². The first kappa shape index (κ1) is 31.2. The Kier molecular flexibility index (Phi) is 11.1. The van der Waals surface area contributed by atoms with Crippen molar-refractivity contribution in [3.05, 3.63) is 36.0 Å². The molecule has 2 aromatic rings. The van der Waals surface area contributed by atoms with Gasteiger partial charge in [0.25, 0.3) is 0 Å². The molecule has 0 spiro atoms. The van der Waals surface area contributed by atoms with Crippen molar-refractivity contribution in [3.8, 4) is 0 Å². The third kappa shape index (κ3) is 9.39. The molecule has 4 atom stereocenters. The Balaban J connectivity index is 2.31. The standard InChI is InChI=1S/C24H31N7O9/c25-13(5-6-18(26)32)21(36)29-15(7-11-10-28-14-4-2-1-3-12(11)14)22(37)30-16(8-19(27)33)23(38)31-17(24(39)40)9-20(34)35/h1-4,10,13,15-17,28H,5-9,25H2,(H2,26,32)(H2,27,33)(H,29,36)(H,30,37)(H,31,38)(H,34,35)(H,39,40). The predicted octanol–water partition coefficient (Wildman–Crippen LogP) is -2.81. The maximum atomic E-state index is 13.3. The van der Waals surface area contributed by atoms with Crippen LogP contribution in [-0.2, 0) is 40.0 Å². The molecule has 0 aliphatic heterocycles. The number of hydrogen-bond donors (Lipinski definition) is 9. The van der Waals surface area contributed by atoms with Crippen molar-refractivity contribution < 1.29 is 43.8 Å². The minimum atomic E-state index is -1.86. The van der Waals surface area contributed by atoms with E-state index in [9.17, 15) is 38.7 Å². The van der Waals surface area contributed by atoms with E-state index in [1.54, 1.807) is 30.5 Å².